The molecule has 33 heavy (non-hydrogen) atoms. The number of hydrogen-bond donors (Lipinski definition) is 1. The summed E-state index contributed by atoms with van der Waals surface area (Å²) in [5.74, 6) is 2.03. The summed E-state index contributed by atoms with van der Waals surface area (Å²) in [5, 5.41) is 3.01. The van der Waals surface area contributed by atoms with E-state index in [0.29, 0.717) is 11.3 Å². The van der Waals surface area contributed by atoms with Crippen LogP contribution in [0.15, 0.2) is 78.6 Å². The maximum absolute atomic E-state index is 13.0. The van der Waals surface area contributed by atoms with Crippen LogP contribution in [0, 0.1) is 0 Å². The number of benzene rings is 3. The van der Waals surface area contributed by atoms with Gasteiger partial charge in [0.2, 0.25) is 0 Å². The molecule has 0 fully saturated rings. The predicted octanol–water partition coefficient (Wildman–Crippen LogP) is 5.93. The highest BCUT2D eigenvalue weighted by molar-refractivity contribution is 6.32. The standard InChI is InChI=1S/C28H25NO4/c1-28(2)23(18-7-12-21(32-4)13-8-18)16-25(33-28)26-22-14-9-19(15-24(22)29-27(26)30)17-5-10-20(31-3)11-6-17/h5-16H,1-4H3,(H,29,30). The zero-order chi connectivity index (χ0) is 23.2. The van der Waals surface area contributed by atoms with Crippen LogP contribution in [0.2, 0.25) is 0 Å². The summed E-state index contributed by atoms with van der Waals surface area (Å²) in [5.41, 5.74) is 5.73. The van der Waals surface area contributed by atoms with Gasteiger partial charge in [-0.25, -0.2) is 0 Å². The first-order valence-corrected chi connectivity index (χ1v) is 10.8. The molecule has 166 valence electrons. The van der Waals surface area contributed by atoms with Crippen molar-refractivity contribution in [3.8, 4) is 22.6 Å². The van der Waals surface area contributed by atoms with Crippen molar-refractivity contribution in [1.29, 1.82) is 0 Å². The Kier molecular flexibility index (Phi) is 4.97. The Labute approximate surface area is 193 Å². The number of nitrogens with one attached hydrogen (secondary N) is 1. The summed E-state index contributed by atoms with van der Waals surface area (Å²) in [6.07, 6.45) is 1.98. The van der Waals surface area contributed by atoms with Gasteiger partial charge in [0.25, 0.3) is 5.91 Å². The fourth-order valence-corrected chi connectivity index (χ4v) is 4.37. The van der Waals surface area contributed by atoms with E-state index in [4.69, 9.17) is 14.2 Å². The van der Waals surface area contributed by atoms with Gasteiger partial charge in [-0.15, -0.1) is 0 Å². The van der Waals surface area contributed by atoms with E-state index < -0.39 is 5.60 Å². The SMILES string of the molecule is COc1ccc(C2=CC(=C3C(=O)Nc4cc(-c5ccc(OC)cc5)ccc43)OC2(C)C)cc1. The van der Waals surface area contributed by atoms with E-state index in [1.807, 2.05) is 86.7 Å². The normalized spacial score (nSPS) is 18.3. The van der Waals surface area contributed by atoms with Crippen molar-refractivity contribution < 1.29 is 19.0 Å². The molecule has 0 unspecified atom stereocenters. The molecule has 5 nitrogen and oxygen atoms in total. The first kappa shape index (κ1) is 20.9. The van der Waals surface area contributed by atoms with Crippen LogP contribution >= 0.6 is 0 Å². The van der Waals surface area contributed by atoms with Gasteiger partial charge in [-0.05, 0) is 66.9 Å². The lowest BCUT2D eigenvalue weighted by atomic mass is 9.92. The van der Waals surface area contributed by atoms with Crippen LogP contribution in [0.1, 0.15) is 25.0 Å². The average molecular weight is 440 g/mol. The van der Waals surface area contributed by atoms with Gasteiger partial charge in [0.15, 0.2) is 0 Å². The number of methoxy groups -OCH3 is 2. The van der Waals surface area contributed by atoms with Crippen LogP contribution in [0.5, 0.6) is 11.5 Å². The Bertz CT molecular complexity index is 1300. The van der Waals surface area contributed by atoms with E-state index in [2.05, 4.69) is 5.32 Å². The Morgan fingerprint density at radius 3 is 1.97 bits per heavy atom. The van der Waals surface area contributed by atoms with Crippen molar-refractivity contribution in [1.82, 2.24) is 0 Å². The molecular formula is C28H25NO4. The maximum atomic E-state index is 13.0. The fourth-order valence-electron chi connectivity index (χ4n) is 4.37. The Morgan fingerprint density at radius 2 is 1.36 bits per heavy atom. The third kappa shape index (κ3) is 3.65. The topological polar surface area (TPSA) is 56.8 Å². The van der Waals surface area contributed by atoms with Gasteiger partial charge in [0.1, 0.15) is 22.9 Å². The second kappa shape index (κ2) is 7.85. The zero-order valence-electron chi connectivity index (χ0n) is 19.1. The van der Waals surface area contributed by atoms with Crippen LogP contribution < -0.4 is 14.8 Å². The van der Waals surface area contributed by atoms with Crippen LogP contribution in [-0.4, -0.2) is 25.7 Å². The number of carbonyl (C=O) groups excluding carboxylic acids is 1. The Hall–Kier alpha value is -3.99. The molecule has 2 heterocycles. The highest BCUT2D eigenvalue weighted by Gasteiger charge is 2.38. The highest BCUT2D eigenvalue weighted by Crippen LogP contribution is 2.45. The molecule has 3 aromatic rings. The van der Waals surface area contributed by atoms with Gasteiger partial charge in [-0.3, -0.25) is 4.79 Å². The van der Waals surface area contributed by atoms with Gasteiger partial charge >= 0.3 is 0 Å². The van der Waals surface area contributed by atoms with Crippen molar-refractivity contribution in [2.24, 2.45) is 0 Å². The molecule has 5 heteroatoms. The molecule has 0 spiro atoms. The van der Waals surface area contributed by atoms with Gasteiger partial charge in [0, 0.05) is 16.8 Å². The molecule has 0 saturated heterocycles. The molecule has 3 aromatic carbocycles. The highest BCUT2D eigenvalue weighted by atomic mass is 16.5. The van der Waals surface area contributed by atoms with Crippen molar-refractivity contribution in [2.75, 3.05) is 19.5 Å². The smallest absolute Gasteiger partial charge is 0.260 e. The van der Waals surface area contributed by atoms with E-state index in [9.17, 15) is 4.79 Å². The summed E-state index contributed by atoms with van der Waals surface area (Å²) < 4.78 is 16.8. The van der Waals surface area contributed by atoms with Gasteiger partial charge in [-0.2, -0.15) is 0 Å². The predicted molar refractivity (Wildman–Crippen MR) is 130 cm³/mol. The van der Waals surface area contributed by atoms with Crippen LogP contribution in [0.3, 0.4) is 0 Å². The number of carbonyl (C=O) groups is 1. The molecule has 0 saturated carbocycles. The molecule has 0 aromatic heterocycles. The first-order chi connectivity index (χ1) is 15.9. The second-order valence-corrected chi connectivity index (χ2v) is 8.58. The molecule has 0 aliphatic carbocycles. The van der Waals surface area contributed by atoms with Crippen molar-refractivity contribution in [3.63, 3.8) is 0 Å². The average Bonchev–Trinajstić information content (AvgIpc) is 3.33. The van der Waals surface area contributed by atoms with E-state index in [0.717, 1.165) is 45.0 Å². The van der Waals surface area contributed by atoms with Gasteiger partial charge in [-0.1, -0.05) is 36.4 Å². The molecule has 0 bridgehead atoms. The molecular weight excluding hydrogens is 414 g/mol. The minimum Gasteiger partial charge on any atom is -0.497 e. The Balaban J connectivity index is 1.54. The summed E-state index contributed by atoms with van der Waals surface area (Å²) in [6, 6.07) is 21.7. The number of fused-ring (bicyclic) bond motifs is 1. The summed E-state index contributed by atoms with van der Waals surface area (Å²) in [7, 11) is 3.30. The molecule has 0 atom stereocenters. The zero-order valence-corrected chi connectivity index (χ0v) is 19.1. The lowest BCUT2D eigenvalue weighted by molar-refractivity contribution is -0.111. The molecule has 5 rings (SSSR count). The second-order valence-electron chi connectivity index (χ2n) is 8.58. The first-order valence-electron chi connectivity index (χ1n) is 10.8. The van der Waals surface area contributed by atoms with Crippen molar-refractivity contribution in [2.45, 2.75) is 19.4 Å². The van der Waals surface area contributed by atoms with E-state index in [1.165, 1.54) is 0 Å². The van der Waals surface area contributed by atoms with Crippen molar-refractivity contribution in [3.05, 3.63) is 89.7 Å². The van der Waals surface area contributed by atoms with E-state index in [1.54, 1.807) is 14.2 Å². The largest absolute Gasteiger partial charge is 0.497 e. The number of allylic oxidation sites excluding steroid dienone is 1. The minimum absolute atomic E-state index is 0.157. The van der Waals surface area contributed by atoms with Gasteiger partial charge < -0.3 is 19.5 Å². The quantitative estimate of drug-likeness (QED) is 0.512. The lowest BCUT2D eigenvalue weighted by Crippen LogP contribution is -2.21. The molecule has 1 amide bonds. The van der Waals surface area contributed by atoms with Gasteiger partial charge in [0.05, 0.1) is 19.8 Å². The van der Waals surface area contributed by atoms with Crippen LogP contribution in [0.4, 0.5) is 5.69 Å². The van der Waals surface area contributed by atoms with Crippen LogP contribution in [0.25, 0.3) is 22.3 Å². The summed E-state index contributed by atoms with van der Waals surface area (Å²) >= 11 is 0. The van der Waals surface area contributed by atoms with E-state index in [-0.39, 0.29) is 5.91 Å². The summed E-state index contributed by atoms with van der Waals surface area (Å²) in [6.45, 7) is 4.02. The number of ether oxygens (including phenoxy) is 3. The number of anilines is 1. The monoisotopic (exact) mass is 439 g/mol. The molecule has 1 N–H and O–H groups in total. The lowest BCUT2D eigenvalue weighted by Gasteiger charge is -2.23. The van der Waals surface area contributed by atoms with E-state index >= 15 is 0 Å². The molecule has 2 aliphatic rings. The molecule has 2 aliphatic heterocycles. The Morgan fingerprint density at radius 1 is 0.788 bits per heavy atom. The fraction of sp³-hybridized carbons (Fsp3) is 0.179. The maximum Gasteiger partial charge on any atom is 0.260 e. The van der Waals surface area contributed by atoms with Crippen molar-refractivity contribution >= 4 is 22.7 Å². The minimum atomic E-state index is -0.566. The number of hydrogen-bond acceptors (Lipinski definition) is 4. The number of amides is 1. The third-order valence-corrected chi connectivity index (χ3v) is 6.12. The van der Waals surface area contributed by atoms with Crippen LogP contribution in [-0.2, 0) is 9.53 Å². The molecule has 0 radical (unpaired) electrons. The number of rotatable bonds is 4. The summed E-state index contributed by atoms with van der Waals surface area (Å²) in [4.78, 5) is 13.0. The third-order valence-electron chi connectivity index (χ3n) is 6.12.